The van der Waals surface area contributed by atoms with E-state index in [2.05, 4.69) is 57.8 Å². The van der Waals surface area contributed by atoms with E-state index in [9.17, 15) is 0 Å². The van der Waals surface area contributed by atoms with Crippen LogP contribution in [0.15, 0.2) is 36.5 Å². The van der Waals surface area contributed by atoms with E-state index in [1.165, 1.54) is 18.4 Å². The average molecular weight is 286 g/mol. The molecule has 2 atom stereocenters. The van der Waals surface area contributed by atoms with Crippen LogP contribution in [0.25, 0.3) is 0 Å². The van der Waals surface area contributed by atoms with Crippen LogP contribution in [0.1, 0.15) is 19.8 Å². The van der Waals surface area contributed by atoms with E-state index in [1.54, 1.807) is 0 Å². The van der Waals surface area contributed by atoms with Crippen LogP contribution in [0.5, 0.6) is 0 Å². The molecule has 4 heteroatoms. The number of allylic oxidation sites excluding steroid dienone is 5. The van der Waals surface area contributed by atoms with Crippen molar-refractivity contribution < 1.29 is 31.0 Å². The minimum absolute atomic E-state index is 0. The molecule has 1 saturated carbocycles. The van der Waals surface area contributed by atoms with Gasteiger partial charge in [0.1, 0.15) is 0 Å². The molecule has 2 aliphatic carbocycles. The summed E-state index contributed by atoms with van der Waals surface area (Å²) in [5, 5.41) is 0. The fourth-order valence-electron chi connectivity index (χ4n) is 2.20. The molecule has 18 heavy (non-hydrogen) atoms. The zero-order valence-corrected chi connectivity index (χ0v) is 11.2. The molecule has 3 nitrogen and oxygen atoms in total. The molecule has 0 unspecified atom stereocenters. The fraction of sp³-hybridized carbons (Fsp3) is 0.357. The first-order valence-electron chi connectivity index (χ1n) is 4.87. The first-order chi connectivity index (χ1) is 8.22. The predicted octanol–water partition coefficient (Wildman–Crippen LogP) is 2.97. The molecule has 0 heterocycles. The van der Waals surface area contributed by atoms with Crippen LogP contribution >= 0.6 is 0 Å². The summed E-state index contributed by atoms with van der Waals surface area (Å²) in [5.74, 6) is 0.618. The Bertz CT molecular complexity index is 349. The summed E-state index contributed by atoms with van der Waals surface area (Å²) in [4.78, 5) is 0. The van der Waals surface area contributed by atoms with Crippen molar-refractivity contribution in [2.75, 3.05) is 0 Å². The molecule has 96 valence electrons. The van der Waals surface area contributed by atoms with E-state index in [0.29, 0.717) is 11.3 Å². The molecule has 0 amide bonds. The van der Waals surface area contributed by atoms with Crippen molar-refractivity contribution in [3.63, 3.8) is 0 Å². The molecule has 0 N–H and O–H groups in total. The first-order valence-corrected chi connectivity index (χ1v) is 4.87. The van der Waals surface area contributed by atoms with Crippen LogP contribution in [0.4, 0.5) is 0 Å². The minimum Gasteiger partial charge on any atom is 0 e. The Labute approximate surface area is 119 Å². The van der Waals surface area contributed by atoms with Gasteiger partial charge < -0.3 is 0 Å². The number of hydrogen-bond acceptors (Lipinski definition) is 0. The van der Waals surface area contributed by atoms with Gasteiger partial charge >= 0.3 is 33.9 Å². The maximum absolute atomic E-state index is 7.50. The quantitative estimate of drug-likeness (QED) is 0.284. The fourth-order valence-corrected chi connectivity index (χ4v) is 2.20. The second-order valence-electron chi connectivity index (χ2n) is 3.89. The van der Waals surface area contributed by atoms with E-state index in [4.69, 9.17) is 14.0 Å². The van der Waals surface area contributed by atoms with Crippen molar-refractivity contribution in [1.82, 2.24) is 0 Å². The second kappa shape index (κ2) is 12.4. The standard InChI is InChI=1S/C11H14.3CO.Fe/c1-9-6-8-11(2)7-4-3-5-10(9)11;3*1-2;/h3-5,7,10H,1,6,8H2,2H3;;;;/t10-,11+;;;;/m1..../s1. The summed E-state index contributed by atoms with van der Waals surface area (Å²) >= 11 is 0. The van der Waals surface area contributed by atoms with Crippen molar-refractivity contribution in [2.24, 2.45) is 11.3 Å². The summed E-state index contributed by atoms with van der Waals surface area (Å²) in [6.45, 7) is 19.9. The Hall–Kier alpha value is -1.04. The van der Waals surface area contributed by atoms with Crippen LogP contribution in [0, 0.1) is 31.3 Å². The van der Waals surface area contributed by atoms with E-state index in [0.717, 1.165) is 0 Å². The first kappa shape index (κ1) is 22.2. The van der Waals surface area contributed by atoms with Gasteiger partial charge in [-0.2, -0.15) is 0 Å². The zero-order chi connectivity index (χ0) is 13.9. The van der Waals surface area contributed by atoms with Crippen LogP contribution in [0.2, 0.25) is 0 Å². The van der Waals surface area contributed by atoms with E-state index in [1.807, 2.05) is 0 Å². The topological polar surface area (TPSA) is 59.7 Å². The maximum Gasteiger partial charge on any atom is 0 e. The molecule has 0 aliphatic heterocycles. The average Bonchev–Trinajstić information content (AvgIpc) is 2.73. The molecule has 0 saturated heterocycles. The Morgan fingerprint density at radius 3 is 2.11 bits per heavy atom. The molecule has 0 aromatic rings. The third-order valence-electron chi connectivity index (χ3n) is 3.03. The van der Waals surface area contributed by atoms with Crippen LogP contribution in [-0.4, -0.2) is 0 Å². The number of hydrogen-bond donors (Lipinski definition) is 0. The van der Waals surface area contributed by atoms with Gasteiger partial charge in [-0.3, -0.25) is 0 Å². The smallest absolute Gasteiger partial charge is 0 e. The van der Waals surface area contributed by atoms with Crippen molar-refractivity contribution in [1.29, 1.82) is 0 Å². The molecule has 2 aliphatic rings. The number of fused-ring (bicyclic) bond motifs is 1. The van der Waals surface area contributed by atoms with Gasteiger partial charge in [-0.15, -0.1) is 0 Å². The van der Waals surface area contributed by atoms with Crippen LogP contribution in [0.3, 0.4) is 0 Å². The van der Waals surface area contributed by atoms with Gasteiger partial charge in [-0.05, 0) is 18.3 Å². The summed E-state index contributed by atoms with van der Waals surface area (Å²) in [6.07, 6.45) is 11.4. The normalized spacial score (nSPS) is 25.5. The number of rotatable bonds is 0. The summed E-state index contributed by atoms with van der Waals surface area (Å²) < 4.78 is 22.5. The Morgan fingerprint density at radius 1 is 1.17 bits per heavy atom. The zero-order valence-electron chi connectivity index (χ0n) is 10.1. The maximum atomic E-state index is 7.50. The molecule has 2 rings (SSSR count). The van der Waals surface area contributed by atoms with Gasteiger partial charge in [0, 0.05) is 23.0 Å². The van der Waals surface area contributed by atoms with E-state index >= 15 is 0 Å². The molecular formula is C14H14FeO3. The van der Waals surface area contributed by atoms with Crippen LogP contribution < -0.4 is 0 Å². The minimum atomic E-state index is 0. The Morgan fingerprint density at radius 2 is 1.67 bits per heavy atom. The predicted molar refractivity (Wildman–Crippen MR) is 60.0 cm³/mol. The second-order valence-corrected chi connectivity index (χ2v) is 3.89. The van der Waals surface area contributed by atoms with Gasteiger partial charge in [-0.25, -0.2) is 0 Å². The third-order valence-corrected chi connectivity index (χ3v) is 3.03. The summed E-state index contributed by atoms with van der Waals surface area (Å²) in [7, 11) is 0. The van der Waals surface area contributed by atoms with E-state index < -0.39 is 0 Å². The molecule has 1 fully saturated rings. The molecule has 0 aromatic carbocycles. The van der Waals surface area contributed by atoms with Gasteiger partial charge in [0.25, 0.3) is 0 Å². The Balaban J connectivity index is -0.000000285. The summed E-state index contributed by atoms with van der Waals surface area (Å²) in [5.41, 5.74) is 1.80. The van der Waals surface area contributed by atoms with Gasteiger partial charge in [0.2, 0.25) is 0 Å². The monoisotopic (exact) mass is 286 g/mol. The summed E-state index contributed by atoms with van der Waals surface area (Å²) in [6, 6.07) is 0. The third kappa shape index (κ3) is 5.53. The van der Waals surface area contributed by atoms with Crippen LogP contribution in [-0.2, 0) is 31.0 Å². The van der Waals surface area contributed by atoms with Crippen molar-refractivity contribution in [3.8, 4) is 0 Å². The molecule has 0 radical (unpaired) electrons. The SMILES string of the molecule is C=C1CC[C@]2(C)C=CC=C[C@H]12.[C-]#[O+].[C-]#[O+].[C-]#[O+].[Fe]. The van der Waals surface area contributed by atoms with Crippen molar-refractivity contribution >= 4 is 0 Å². The largest absolute Gasteiger partial charge is 0 e. The van der Waals surface area contributed by atoms with Crippen molar-refractivity contribution in [3.05, 3.63) is 56.4 Å². The van der Waals surface area contributed by atoms with Gasteiger partial charge in [-0.1, -0.05) is 43.4 Å². The van der Waals surface area contributed by atoms with Gasteiger partial charge in [0.15, 0.2) is 0 Å². The molecule has 0 spiro atoms. The molecular weight excluding hydrogens is 272 g/mol. The Kier molecular flexibility index (Phi) is 15.3. The molecule has 0 bridgehead atoms. The molecule has 0 aromatic heterocycles. The van der Waals surface area contributed by atoms with Gasteiger partial charge in [0.05, 0.1) is 0 Å². The van der Waals surface area contributed by atoms with Crippen molar-refractivity contribution in [2.45, 2.75) is 19.8 Å². The van der Waals surface area contributed by atoms with E-state index in [-0.39, 0.29) is 17.1 Å².